The normalized spacial score (nSPS) is 16.4. The van der Waals surface area contributed by atoms with Crippen LogP contribution >= 0.6 is 0 Å². The molecule has 0 spiro atoms. The first-order valence-corrected chi connectivity index (χ1v) is 12.1. The van der Waals surface area contributed by atoms with Crippen molar-refractivity contribution in [3.05, 3.63) is 66.5 Å². The van der Waals surface area contributed by atoms with Gasteiger partial charge in [0.2, 0.25) is 5.91 Å². The summed E-state index contributed by atoms with van der Waals surface area (Å²) >= 11 is 0. The lowest BCUT2D eigenvalue weighted by atomic mass is 9.82. The van der Waals surface area contributed by atoms with E-state index in [1.165, 1.54) is 0 Å². The fourth-order valence-corrected chi connectivity index (χ4v) is 4.63. The zero-order valence-corrected chi connectivity index (χ0v) is 20.8. The van der Waals surface area contributed by atoms with Crippen LogP contribution in [0.4, 0.5) is 0 Å². The molecule has 1 aliphatic carbocycles. The lowest BCUT2D eigenvalue weighted by Crippen LogP contribution is -2.56. The van der Waals surface area contributed by atoms with E-state index in [0.29, 0.717) is 18.1 Å². The highest BCUT2D eigenvalue weighted by atomic mass is 16.5. The van der Waals surface area contributed by atoms with Crippen LogP contribution in [0.5, 0.6) is 0 Å². The minimum atomic E-state index is -0.649. The van der Waals surface area contributed by atoms with Gasteiger partial charge in [0, 0.05) is 18.9 Å². The van der Waals surface area contributed by atoms with Gasteiger partial charge in [-0.2, -0.15) is 0 Å². The third kappa shape index (κ3) is 6.49. The van der Waals surface area contributed by atoms with Crippen molar-refractivity contribution in [3.63, 3.8) is 0 Å². The van der Waals surface area contributed by atoms with Crippen LogP contribution in [0.15, 0.2) is 55.1 Å². The number of hydrogen-bond donors (Lipinski definition) is 2. The maximum atomic E-state index is 13.6. The predicted molar refractivity (Wildman–Crippen MR) is 133 cm³/mol. The van der Waals surface area contributed by atoms with Crippen molar-refractivity contribution in [1.82, 2.24) is 20.2 Å². The SMILES string of the molecule is C=C(OC)[C@@H](NC(=O)[C@@H](NC(=O)c1nccn1Cc1ccccc1)C1CCCCC1)C(C)(C)C. The molecule has 34 heavy (non-hydrogen) atoms. The Hall–Kier alpha value is -3.09. The molecule has 2 amide bonds. The summed E-state index contributed by atoms with van der Waals surface area (Å²) in [5, 5.41) is 6.13. The van der Waals surface area contributed by atoms with Crippen molar-refractivity contribution in [2.45, 2.75) is 71.5 Å². The molecular formula is C27H38N4O3. The Morgan fingerprint density at radius 1 is 1.15 bits per heavy atom. The minimum Gasteiger partial charge on any atom is -0.500 e. The van der Waals surface area contributed by atoms with Crippen LogP contribution in [-0.2, 0) is 16.1 Å². The van der Waals surface area contributed by atoms with E-state index in [0.717, 1.165) is 37.7 Å². The van der Waals surface area contributed by atoms with Crippen molar-refractivity contribution >= 4 is 11.8 Å². The third-order valence-electron chi connectivity index (χ3n) is 6.54. The van der Waals surface area contributed by atoms with Gasteiger partial charge in [0.05, 0.1) is 13.2 Å². The van der Waals surface area contributed by atoms with E-state index >= 15 is 0 Å². The Morgan fingerprint density at radius 3 is 2.44 bits per heavy atom. The number of amides is 2. The molecule has 0 bridgehead atoms. The molecule has 0 unspecified atom stereocenters. The number of aromatic nitrogens is 2. The molecule has 2 N–H and O–H groups in total. The molecule has 7 heteroatoms. The second kappa shape index (κ2) is 11.4. The summed E-state index contributed by atoms with van der Waals surface area (Å²) in [6.07, 6.45) is 8.48. The highest BCUT2D eigenvalue weighted by Gasteiger charge is 2.36. The number of methoxy groups -OCH3 is 1. The monoisotopic (exact) mass is 466 g/mol. The summed E-state index contributed by atoms with van der Waals surface area (Å²) in [5.74, 6) is 0.315. The molecule has 184 valence electrons. The topological polar surface area (TPSA) is 85.2 Å². The van der Waals surface area contributed by atoms with Crippen LogP contribution in [0.25, 0.3) is 0 Å². The summed E-state index contributed by atoms with van der Waals surface area (Å²) in [7, 11) is 1.56. The number of benzene rings is 1. The van der Waals surface area contributed by atoms with Gasteiger partial charge in [-0.1, -0.05) is 76.9 Å². The summed E-state index contributed by atoms with van der Waals surface area (Å²) in [6.45, 7) is 10.6. The summed E-state index contributed by atoms with van der Waals surface area (Å²) < 4.78 is 7.18. The van der Waals surface area contributed by atoms with Crippen LogP contribution in [0.1, 0.15) is 69.1 Å². The molecular weight excluding hydrogens is 428 g/mol. The van der Waals surface area contributed by atoms with Crippen LogP contribution in [0.2, 0.25) is 0 Å². The maximum Gasteiger partial charge on any atom is 0.287 e. The maximum absolute atomic E-state index is 13.6. The largest absolute Gasteiger partial charge is 0.500 e. The number of nitrogens with one attached hydrogen (secondary N) is 2. The number of imidazole rings is 1. The molecule has 1 aliphatic rings. The molecule has 1 aromatic carbocycles. The molecule has 0 radical (unpaired) electrons. The predicted octanol–water partition coefficient (Wildman–Crippen LogP) is 4.30. The van der Waals surface area contributed by atoms with Gasteiger partial charge in [-0.25, -0.2) is 4.98 Å². The number of hydrogen-bond acceptors (Lipinski definition) is 4. The van der Waals surface area contributed by atoms with Crippen LogP contribution in [0, 0.1) is 11.3 Å². The summed E-state index contributed by atoms with van der Waals surface area (Å²) in [6, 6.07) is 8.88. The van der Waals surface area contributed by atoms with Gasteiger partial charge in [-0.05, 0) is 29.7 Å². The molecule has 3 rings (SSSR count). The van der Waals surface area contributed by atoms with E-state index in [4.69, 9.17) is 4.74 Å². The Bertz CT molecular complexity index is 971. The van der Waals surface area contributed by atoms with E-state index < -0.39 is 6.04 Å². The van der Waals surface area contributed by atoms with Gasteiger partial charge in [0.15, 0.2) is 5.82 Å². The van der Waals surface area contributed by atoms with Gasteiger partial charge >= 0.3 is 0 Å². The fourth-order valence-electron chi connectivity index (χ4n) is 4.63. The molecule has 1 saturated carbocycles. The minimum absolute atomic E-state index is 0.0756. The number of carbonyl (C=O) groups is 2. The van der Waals surface area contributed by atoms with Crippen molar-refractivity contribution in [2.75, 3.05) is 7.11 Å². The van der Waals surface area contributed by atoms with E-state index in [1.807, 2.05) is 55.7 Å². The smallest absolute Gasteiger partial charge is 0.287 e. The average molecular weight is 467 g/mol. The zero-order valence-electron chi connectivity index (χ0n) is 20.8. The molecule has 0 aliphatic heterocycles. The third-order valence-corrected chi connectivity index (χ3v) is 6.54. The number of rotatable bonds is 9. The van der Waals surface area contributed by atoms with Gasteiger partial charge in [-0.15, -0.1) is 0 Å². The summed E-state index contributed by atoms with van der Waals surface area (Å²) in [4.78, 5) is 31.2. The molecule has 1 fully saturated rings. The second-order valence-electron chi connectivity index (χ2n) is 10.2. The standard InChI is InChI=1S/C27H38N4O3/c1-19(34-5)23(27(2,3)4)30-25(32)22(21-14-10-7-11-15-21)29-26(33)24-28-16-17-31(24)18-20-12-8-6-9-13-20/h6,8-9,12-13,16-17,21-23H,1,7,10-11,14-15,18H2,2-5H3,(H,29,33)(H,30,32)/t22-,23+/m0/s1. The Kier molecular flexibility index (Phi) is 8.53. The van der Waals surface area contributed by atoms with Crippen LogP contribution in [-0.4, -0.2) is 40.6 Å². The first-order chi connectivity index (χ1) is 16.2. The number of carbonyl (C=O) groups excluding carboxylic acids is 2. The Balaban J connectivity index is 1.80. The number of ether oxygens (including phenoxy) is 1. The van der Waals surface area contributed by atoms with E-state index in [-0.39, 0.29) is 29.2 Å². The first kappa shape index (κ1) is 25.5. The highest BCUT2D eigenvalue weighted by molar-refractivity contribution is 5.95. The average Bonchev–Trinajstić information content (AvgIpc) is 3.29. The highest BCUT2D eigenvalue weighted by Crippen LogP contribution is 2.29. The summed E-state index contributed by atoms with van der Waals surface area (Å²) in [5.41, 5.74) is 0.776. The second-order valence-corrected chi connectivity index (χ2v) is 10.2. The fraction of sp³-hybridized carbons (Fsp3) is 0.519. The molecule has 2 aromatic rings. The lowest BCUT2D eigenvalue weighted by Gasteiger charge is -2.35. The van der Waals surface area contributed by atoms with Gasteiger partial charge in [0.1, 0.15) is 11.8 Å². The van der Waals surface area contributed by atoms with E-state index in [1.54, 1.807) is 19.5 Å². The van der Waals surface area contributed by atoms with Crippen molar-refractivity contribution in [2.24, 2.45) is 11.3 Å². The Labute approximate surface area is 203 Å². The first-order valence-electron chi connectivity index (χ1n) is 12.1. The van der Waals surface area contributed by atoms with Crippen molar-refractivity contribution in [1.29, 1.82) is 0 Å². The van der Waals surface area contributed by atoms with Crippen LogP contribution in [0.3, 0.4) is 0 Å². The van der Waals surface area contributed by atoms with Crippen LogP contribution < -0.4 is 10.6 Å². The van der Waals surface area contributed by atoms with Gasteiger partial charge in [-0.3, -0.25) is 9.59 Å². The molecule has 1 heterocycles. The molecule has 7 nitrogen and oxygen atoms in total. The lowest BCUT2D eigenvalue weighted by molar-refractivity contribution is -0.126. The van der Waals surface area contributed by atoms with E-state index in [9.17, 15) is 9.59 Å². The quantitative estimate of drug-likeness (QED) is 0.540. The molecule has 0 saturated heterocycles. The molecule has 1 aromatic heterocycles. The number of nitrogens with zero attached hydrogens (tertiary/aromatic N) is 2. The van der Waals surface area contributed by atoms with Gasteiger partial charge < -0.3 is 19.9 Å². The van der Waals surface area contributed by atoms with Crippen molar-refractivity contribution < 1.29 is 14.3 Å². The van der Waals surface area contributed by atoms with Gasteiger partial charge in [0.25, 0.3) is 5.91 Å². The molecule has 2 atom stereocenters. The van der Waals surface area contributed by atoms with Crippen molar-refractivity contribution in [3.8, 4) is 0 Å². The Morgan fingerprint density at radius 2 is 1.82 bits per heavy atom. The van der Waals surface area contributed by atoms with E-state index in [2.05, 4.69) is 22.2 Å². The zero-order chi connectivity index (χ0) is 24.7.